The normalized spacial score (nSPS) is 10.9. The van der Waals surface area contributed by atoms with E-state index in [1.54, 1.807) is 12.1 Å². The zero-order valence-electron chi connectivity index (χ0n) is 9.33. The fourth-order valence-electron chi connectivity index (χ4n) is 0.973. The van der Waals surface area contributed by atoms with Crippen LogP contribution in [0.15, 0.2) is 24.3 Å². The van der Waals surface area contributed by atoms with Crippen LogP contribution in [0.25, 0.3) is 0 Å². The summed E-state index contributed by atoms with van der Waals surface area (Å²) in [5.41, 5.74) is 6.12. The highest BCUT2D eigenvalue weighted by molar-refractivity contribution is 5.73. The van der Waals surface area contributed by atoms with Crippen molar-refractivity contribution in [1.29, 1.82) is 0 Å². The van der Waals surface area contributed by atoms with Crippen molar-refractivity contribution in [3.8, 4) is 5.75 Å². The van der Waals surface area contributed by atoms with Gasteiger partial charge in [-0.25, -0.2) is 0 Å². The summed E-state index contributed by atoms with van der Waals surface area (Å²) < 4.78 is 0. The number of carboxylic acids is 2. The lowest BCUT2D eigenvalue weighted by Crippen LogP contribution is -2.32. The molecule has 17 heavy (non-hydrogen) atoms. The predicted molar refractivity (Wildman–Crippen MR) is 60.7 cm³/mol. The monoisotopic (exact) mass is 241 g/mol. The molecule has 1 aromatic rings. The number of hydrogen-bond donors (Lipinski definition) is 4. The van der Waals surface area contributed by atoms with Gasteiger partial charge < -0.3 is 21.1 Å². The van der Waals surface area contributed by atoms with Crippen LogP contribution in [0.3, 0.4) is 0 Å². The van der Waals surface area contributed by atoms with E-state index in [0.29, 0.717) is 0 Å². The van der Waals surface area contributed by atoms with Crippen molar-refractivity contribution in [2.75, 3.05) is 0 Å². The summed E-state index contributed by atoms with van der Waals surface area (Å²) in [6.45, 7) is 1.08. The molecule has 94 valence electrons. The topological polar surface area (TPSA) is 121 Å². The Hall–Kier alpha value is -2.08. The Morgan fingerprint density at radius 1 is 1.24 bits per heavy atom. The first kappa shape index (κ1) is 14.9. The zero-order valence-corrected chi connectivity index (χ0v) is 9.33. The largest absolute Gasteiger partial charge is 0.508 e. The lowest BCUT2D eigenvalue weighted by Gasteiger charge is -2.05. The molecular formula is C11H15NO5. The molecule has 0 aliphatic heterocycles. The van der Waals surface area contributed by atoms with E-state index in [9.17, 15) is 4.79 Å². The van der Waals surface area contributed by atoms with Gasteiger partial charge in [0.2, 0.25) is 0 Å². The third-order valence-corrected chi connectivity index (χ3v) is 1.71. The number of rotatable bonds is 3. The molecule has 0 aliphatic carbocycles. The number of hydrogen-bond acceptors (Lipinski definition) is 4. The number of aliphatic carboxylic acids is 2. The average molecular weight is 241 g/mol. The number of phenolic OH excluding ortho intramolecular Hbond substituents is 1. The van der Waals surface area contributed by atoms with E-state index in [1.807, 2.05) is 0 Å². The molecule has 0 saturated heterocycles. The molecule has 0 amide bonds. The standard InChI is InChI=1S/C9H11NO3.C2H4O2/c10-8(9(12)13)5-6-1-3-7(11)4-2-6;1-2(3)4/h1-4,8,11H,5,10H2,(H,12,13);1H3,(H,3,4). The Morgan fingerprint density at radius 2 is 1.65 bits per heavy atom. The van der Waals surface area contributed by atoms with Gasteiger partial charge >= 0.3 is 5.97 Å². The van der Waals surface area contributed by atoms with Gasteiger partial charge in [0.25, 0.3) is 5.97 Å². The van der Waals surface area contributed by atoms with E-state index in [4.69, 9.17) is 25.8 Å². The van der Waals surface area contributed by atoms with Crippen molar-refractivity contribution in [3.63, 3.8) is 0 Å². The maximum atomic E-state index is 10.4. The predicted octanol–water partition coefficient (Wildman–Crippen LogP) is 0.437. The molecule has 0 saturated carbocycles. The van der Waals surface area contributed by atoms with Crippen molar-refractivity contribution in [2.24, 2.45) is 5.73 Å². The van der Waals surface area contributed by atoms with Gasteiger partial charge in [0.1, 0.15) is 11.8 Å². The third kappa shape index (κ3) is 7.80. The van der Waals surface area contributed by atoms with Crippen molar-refractivity contribution in [3.05, 3.63) is 29.8 Å². The quantitative estimate of drug-likeness (QED) is 0.609. The highest BCUT2D eigenvalue weighted by Gasteiger charge is 2.11. The molecule has 0 radical (unpaired) electrons. The summed E-state index contributed by atoms with van der Waals surface area (Å²) in [7, 11) is 0. The molecule has 0 bridgehead atoms. The highest BCUT2D eigenvalue weighted by atomic mass is 16.4. The van der Waals surface area contributed by atoms with Crippen LogP contribution in [0.5, 0.6) is 5.75 Å². The third-order valence-electron chi connectivity index (χ3n) is 1.71. The van der Waals surface area contributed by atoms with E-state index in [-0.39, 0.29) is 12.2 Å². The minimum atomic E-state index is -1.02. The average Bonchev–Trinajstić information content (AvgIpc) is 2.20. The molecule has 1 aromatic carbocycles. The fraction of sp³-hybridized carbons (Fsp3) is 0.273. The van der Waals surface area contributed by atoms with Gasteiger partial charge in [-0.15, -0.1) is 0 Å². The van der Waals surface area contributed by atoms with Crippen LogP contribution in [-0.4, -0.2) is 33.3 Å². The van der Waals surface area contributed by atoms with E-state index >= 15 is 0 Å². The first-order chi connectivity index (χ1) is 7.82. The van der Waals surface area contributed by atoms with Crippen LogP contribution in [0.4, 0.5) is 0 Å². The molecule has 0 aromatic heterocycles. The summed E-state index contributed by atoms with van der Waals surface area (Å²) in [5, 5.41) is 24.9. The zero-order chi connectivity index (χ0) is 13.4. The number of aromatic hydroxyl groups is 1. The molecule has 5 N–H and O–H groups in total. The molecule has 1 unspecified atom stereocenters. The summed E-state index contributed by atoms with van der Waals surface area (Å²) in [5.74, 6) is -1.69. The maximum absolute atomic E-state index is 10.4. The number of phenols is 1. The Kier molecular flexibility index (Phi) is 6.35. The van der Waals surface area contributed by atoms with Gasteiger partial charge in [-0.1, -0.05) is 12.1 Å². The second kappa shape index (κ2) is 7.24. The summed E-state index contributed by atoms with van der Waals surface area (Å²) in [4.78, 5) is 19.4. The number of nitrogens with two attached hydrogens (primary N) is 1. The van der Waals surface area contributed by atoms with Gasteiger partial charge in [0.05, 0.1) is 0 Å². The van der Waals surface area contributed by atoms with Crippen molar-refractivity contribution < 1.29 is 24.9 Å². The van der Waals surface area contributed by atoms with E-state index in [0.717, 1.165) is 12.5 Å². The Morgan fingerprint density at radius 3 is 2.00 bits per heavy atom. The lowest BCUT2D eigenvalue weighted by molar-refractivity contribution is -0.138. The van der Waals surface area contributed by atoms with Crippen molar-refractivity contribution in [1.82, 2.24) is 0 Å². The van der Waals surface area contributed by atoms with Crippen LogP contribution in [-0.2, 0) is 16.0 Å². The lowest BCUT2D eigenvalue weighted by atomic mass is 10.1. The number of carbonyl (C=O) groups is 2. The first-order valence-corrected chi connectivity index (χ1v) is 4.78. The van der Waals surface area contributed by atoms with Crippen molar-refractivity contribution in [2.45, 2.75) is 19.4 Å². The van der Waals surface area contributed by atoms with Crippen LogP contribution >= 0.6 is 0 Å². The minimum Gasteiger partial charge on any atom is -0.508 e. The van der Waals surface area contributed by atoms with Crippen LogP contribution in [0, 0.1) is 0 Å². The molecule has 0 aliphatic rings. The maximum Gasteiger partial charge on any atom is 0.320 e. The Labute approximate surface area is 98.3 Å². The van der Waals surface area contributed by atoms with E-state index in [1.165, 1.54) is 12.1 Å². The Balaban J connectivity index is 0.000000557. The smallest absolute Gasteiger partial charge is 0.320 e. The van der Waals surface area contributed by atoms with Gasteiger partial charge in [0, 0.05) is 6.92 Å². The van der Waals surface area contributed by atoms with Gasteiger partial charge in [0.15, 0.2) is 0 Å². The Bertz CT molecular complexity index is 370. The van der Waals surface area contributed by atoms with Crippen LogP contribution in [0.2, 0.25) is 0 Å². The van der Waals surface area contributed by atoms with Crippen molar-refractivity contribution >= 4 is 11.9 Å². The minimum absolute atomic E-state index is 0.160. The van der Waals surface area contributed by atoms with Crippen LogP contribution in [0.1, 0.15) is 12.5 Å². The molecular weight excluding hydrogens is 226 g/mol. The highest BCUT2D eigenvalue weighted by Crippen LogP contribution is 2.10. The SMILES string of the molecule is CC(=O)O.NC(Cc1ccc(O)cc1)C(=O)O. The summed E-state index contributed by atoms with van der Waals surface area (Å²) in [6.07, 6.45) is 0.273. The second-order valence-corrected chi connectivity index (χ2v) is 3.33. The molecule has 6 nitrogen and oxygen atoms in total. The van der Waals surface area contributed by atoms with E-state index in [2.05, 4.69) is 0 Å². The molecule has 1 atom stereocenters. The molecule has 1 rings (SSSR count). The molecule has 0 spiro atoms. The summed E-state index contributed by atoms with van der Waals surface area (Å²) >= 11 is 0. The molecule has 0 fully saturated rings. The fourth-order valence-corrected chi connectivity index (χ4v) is 0.973. The van der Waals surface area contributed by atoms with Gasteiger partial charge in [-0.3, -0.25) is 9.59 Å². The van der Waals surface area contributed by atoms with Crippen LogP contribution < -0.4 is 5.73 Å². The van der Waals surface area contributed by atoms with Gasteiger partial charge in [-0.2, -0.15) is 0 Å². The summed E-state index contributed by atoms with van der Waals surface area (Å²) in [6, 6.07) is 5.42. The first-order valence-electron chi connectivity index (χ1n) is 4.78. The molecule has 6 heteroatoms. The number of benzene rings is 1. The van der Waals surface area contributed by atoms with Gasteiger partial charge in [-0.05, 0) is 24.1 Å². The molecule has 0 heterocycles. The second-order valence-electron chi connectivity index (χ2n) is 3.33. The van der Waals surface area contributed by atoms with E-state index < -0.39 is 18.0 Å². The number of carboxylic acid groups (broad SMARTS) is 2.